The van der Waals surface area contributed by atoms with Crippen LogP contribution >= 0.6 is 47.8 Å². The molecule has 0 bridgehead atoms. The molecule has 0 radical (unpaired) electrons. The first-order chi connectivity index (χ1) is 7.65. The molecule has 2 aromatic rings. The molecule has 1 aromatic heterocycles. The second kappa shape index (κ2) is 5.29. The highest BCUT2D eigenvalue weighted by Gasteiger charge is 2.03. The standard InChI is InChI=1S/C11H6Br3NO/c12-7-2-1-3-8(4-7)15-6-9-5-10(13)11(14)16-9/h1-6H. The van der Waals surface area contributed by atoms with E-state index in [4.69, 9.17) is 4.42 Å². The predicted molar refractivity (Wildman–Crippen MR) is 75.5 cm³/mol. The first kappa shape index (κ1) is 12.1. The van der Waals surface area contributed by atoms with Gasteiger partial charge in [0.05, 0.1) is 16.4 Å². The van der Waals surface area contributed by atoms with Gasteiger partial charge in [-0.15, -0.1) is 0 Å². The number of hydrogen-bond donors (Lipinski definition) is 0. The third-order valence-corrected chi connectivity index (χ3v) is 4.02. The van der Waals surface area contributed by atoms with Gasteiger partial charge in [-0.2, -0.15) is 0 Å². The van der Waals surface area contributed by atoms with Gasteiger partial charge >= 0.3 is 0 Å². The summed E-state index contributed by atoms with van der Waals surface area (Å²) in [6.07, 6.45) is 1.68. The molecular weight excluding hydrogens is 402 g/mol. The molecule has 2 nitrogen and oxygen atoms in total. The second-order valence-corrected chi connectivity index (χ2v) is 5.50. The van der Waals surface area contributed by atoms with Gasteiger partial charge in [-0.3, -0.25) is 4.99 Å². The van der Waals surface area contributed by atoms with E-state index in [0.29, 0.717) is 10.4 Å². The molecule has 0 saturated carbocycles. The van der Waals surface area contributed by atoms with Crippen LogP contribution in [0.4, 0.5) is 5.69 Å². The Morgan fingerprint density at radius 3 is 2.56 bits per heavy atom. The van der Waals surface area contributed by atoms with Crippen LogP contribution in [-0.4, -0.2) is 6.21 Å². The zero-order valence-electron chi connectivity index (χ0n) is 7.95. The Balaban J connectivity index is 2.21. The molecular formula is C11H6Br3NO. The zero-order chi connectivity index (χ0) is 11.5. The number of hydrogen-bond acceptors (Lipinski definition) is 2. The van der Waals surface area contributed by atoms with E-state index in [1.165, 1.54) is 0 Å². The Morgan fingerprint density at radius 2 is 1.94 bits per heavy atom. The van der Waals surface area contributed by atoms with Crippen molar-refractivity contribution in [2.24, 2.45) is 4.99 Å². The summed E-state index contributed by atoms with van der Waals surface area (Å²) < 4.78 is 7.93. The van der Waals surface area contributed by atoms with Crippen LogP contribution in [0.15, 0.2) is 53.4 Å². The van der Waals surface area contributed by atoms with E-state index >= 15 is 0 Å². The minimum Gasteiger partial charge on any atom is -0.447 e. The fourth-order valence-electron chi connectivity index (χ4n) is 1.12. The van der Waals surface area contributed by atoms with Crippen molar-refractivity contribution in [2.45, 2.75) is 0 Å². The molecule has 0 unspecified atom stereocenters. The van der Waals surface area contributed by atoms with Gasteiger partial charge in [0.25, 0.3) is 0 Å². The summed E-state index contributed by atoms with van der Waals surface area (Å²) in [5.74, 6) is 0.693. The lowest BCUT2D eigenvalue weighted by atomic mass is 10.3. The molecule has 5 heteroatoms. The molecule has 0 amide bonds. The van der Waals surface area contributed by atoms with E-state index in [-0.39, 0.29) is 0 Å². The summed E-state index contributed by atoms with van der Waals surface area (Å²) in [7, 11) is 0. The average molecular weight is 408 g/mol. The number of aliphatic imine (C=N–C) groups is 1. The molecule has 2 rings (SSSR count). The van der Waals surface area contributed by atoms with Gasteiger partial charge in [-0.05, 0) is 50.1 Å². The van der Waals surface area contributed by atoms with Crippen LogP contribution in [0.5, 0.6) is 0 Å². The molecule has 0 aliphatic heterocycles. The van der Waals surface area contributed by atoms with Crippen LogP contribution in [0.3, 0.4) is 0 Å². The third kappa shape index (κ3) is 3.06. The summed E-state index contributed by atoms with van der Waals surface area (Å²) in [6, 6.07) is 9.60. The number of benzene rings is 1. The lowest BCUT2D eigenvalue weighted by molar-refractivity contribution is 0.533. The van der Waals surface area contributed by atoms with E-state index in [9.17, 15) is 0 Å². The van der Waals surface area contributed by atoms with Gasteiger partial charge in [-0.25, -0.2) is 0 Å². The van der Waals surface area contributed by atoms with Crippen LogP contribution in [0.25, 0.3) is 0 Å². The Bertz CT molecular complexity index is 514. The maximum absolute atomic E-state index is 5.38. The van der Waals surface area contributed by atoms with Crippen molar-refractivity contribution < 1.29 is 4.42 Å². The molecule has 0 aliphatic carbocycles. The van der Waals surface area contributed by atoms with E-state index in [0.717, 1.165) is 14.6 Å². The minimum atomic E-state index is 0.670. The van der Waals surface area contributed by atoms with E-state index < -0.39 is 0 Å². The number of furan rings is 1. The highest BCUT2D eigenvalue weighted by atomic mass is 79.9. The predicted octanol–water partition coefficient (Wildman–Crippen LogP) is 5.32. The Kier molecular flexibility index (Phi) is 4.00. The maximum Gasteiger partial charge on any atom is 0.184 e. The van der Waals surface area contributed by atoms with Crippen molar-refractivity contribution in [2.75, 3.05) is 0 Å². The van der Waals surface area contributed by atoms with Crippen LogP contribution in [0.2, 0.25) is 0 Å². The van der Waals surface area contributed by atoms with Crippen molar-refractivity contribution >= 4 is 59.7 Å². The highest BCUT2D eigenvalue weighted by Crippen LogP contribution is 2.26. The Hall–Kier alpha value is -0.390. The van der Waals surface area contributed by atoms with Crippen LogP contribution < -0.4 is 0 Å². The Morgan fingerprint density at radius 1 is 1.12 bits per heavy atom. The van der Waals surface area contributed by atoms with E-state index in [1.807, 2.05) is 30.3 Å². The molecule has 0 aliphatic rings. The van der Waals surface area contributed by atoms with E-state index in [2.05, 4.69) is 52.8 Å². The fraction of sp³-hybridized carbons (Fsp3) is 0. The lowest BCUT2D eigenvalue weighted by Gasteiger charge is -1.92. The molecule has 1 aromatic carbocycles. The Labute approximate surface area is 118 Å². The first-order valence-electron chi connectivity index (χ1n) is 4.39. The summed E-state index contributed by atoms with van der Waals surface area (Å²) in [4.78, 5) is 4.30. The average Bonchev–Trinajstić information content (AvgIpc) is 2.56. The molecule has 0 spiro atoms. The number of halogens is 3. The molecule has 0 atom stereocenters. The van der Waals surface area contributed by atoms with Crippen LogP contribution in [-0.2, 0) is 0 Å². The topological polar surface area (TPSA) is 25.5 Å². The molecule has 82 valence electrons. The summed E-state index contributed by atoms with van der Waals surface area (Å²) in [5, 5.41) is 0. The fourth-order valence-corrected chi connectivity index (χ4v) is 2.12. The normalized spacial score (nSPS) is 11.2. The van der Waals surface area contributed by atoms with Crippen molar-refractivity contribution in [1.82, 2.24) is 0 Å². The van der Waals surface area contributed by atoms with Crippen molar-refractivity contribution in [3.05, 3.63) is 49.7 Å². The number of nitrogens with zero attached hydrogens (tertiary/aromatic N) is 1. The largest absolute Gasteiger partial charge is 0.447 e. The van der Waals surface area contributed by atoms with Crippen molar-refractivity contribution in [3.63, 3.8) is 0 Å². The molecule has 0 saturated heterocycles. The smallest absolute Gasteiger partial charge is 0.184 e. The second-order valence-electron chi connectivity index (χ2n) is 3.01. The lowest BCUT2D eigenvalue weighted by Crippen LogP contribution is -1.73. The van der Waals surface area contributed by atoms with Crippen molar-refractivity contribution in [1.29, 1.82) is 0 Å². The highest BCUT2D eigenvalue weighted by molar-refractivity contribution is 9.13. The summed E-state index contributed by atoms with van der Waals surface area (Å²) in [5.41, 5.74) is 0.873. The van der Waals surface area contributed by atoms with Gasteiger partial charge in [0.1, 0.15) is 5.76 Å². The van der Waals surface area contributed by atoms with Gasteiger partial charge in [-0.1, -0.05) is 22.0 Å². The van der Waals surface area contributed by atoms with Crippen LogP contribution in [0.1, 0.15) is 5.76 Å². The molecule has 0 fully saturated rings. The van der Waals surface area contributed by atoms with Gasteiger partial charge in [0.15, 0.2) is 4.67 Å². The monoisotopic (exact) mass is 405 g/mol. The minimum absolute atomic E-state index is 0.670. The molecule has 1 heterocycles. The van der Waals surface area contributed by atoms with Crippen molar-refractivity contribution in [3.8, 4) is 0 Å². The maximum atomic E-state index is 5.38. The third-order valence-electron chi connectivity index (χ3n) is 1.81. The van der Waals surface area contributed by atoms with Crippen LogP contribution in [0, 0.1) is 0 Å². The molecule has 0 N–H and O–H groups in total. The SMILES string of the molecule is Brc1cccc(N=Cc2cc(Br)c(Br)o2)c1. The van der Waals surface area contributed by atoms with Gasteiger partial charge in [0.2, 0.25) is 0 Å². The zero-order valence-corrected chi connectivity index (χ0v) is 12.7. The van der Waals surface area contributed by atoms with E-state index in [1.54, 1.807) is 6.21 Å². The molecule has 16 heavy (non-hydrogen) atoms. The summed E-state index contributed by atoms with van der Waals surface area (Å²) >= 11 is 10.0. The first-order valence-corrected chi connectivity index (χ1v) is 6.77. The number of rotatable bonds is 2. The quantitative estimate of drug-likeness (QED) is 0.619. The van der Waals surface area contributed by atoms with Gasteiger partial charge in [0, 0.05) is 10.5 Å². The van der Waals surface area contributed by atoms with Gasteiger partial charge < -0.3 is 4.42 Å². The summed E-state index contributed by atoms with van der Waals surface area (Å²) in [6.45, 7) is 0.